The topological polar surface area (TPSA) is 86.1 Å². The molecule has 148 valence electrons. The average molecular weight is 401 g/mol. The van der Waals surface area contributed by atoms with E-state index in [2.05, 4.69) is 14.8 Å². The number of benzene rings is 1. The Labute approximate surface area is 165 Å². The number of hydrogen-bond donors (Lipinski definition) is 1. The van der Waals surface area contributed by atoms with Crippen LogP contribution < -0.4 is 9.46 Å². The summed E-state index contributed by atoms with van der Waals surface area (Å²) in [5, 5.41) is 4.38. The van der Waals surface area contributed by atoms with Gasteiger partial charge in [0.2, 0.25) is 10.0 Å². The highest BCUT2D eigenvalue weighted by molar-refractivity contribution is 7.89. The summed E-state index contributed by atoms with van der Waals surface area (Å²) in [6.07, 6.45) is 2.60. The van der Waals surface area contributed by atoms with Gasteiger partial charge in [0.25, 0.3) is 0 Å². The van der Waals surface area contributed by atoms with Crippen molar-refractivity contribution in [2.75, 3.05) is 6.61 Å². The van der Waals surface area contributed by atoms with Crippen LogP contribution in [0.3, 0.4) is 0 Å². The third-order valence-electron chi connectivity index (χ3n) is 4.22. The molecule has 2 heterocycles. The largest absolute Gasteiger partial charge is 0.493 e. The van der Waals surface area contributed by atoms with Crippen LogP contribution in [0.15, 0.2) is 53.6 Å². The Morgan fingerprint density at radius 3 is 2.68 bits per heavy atom. The Bertz CT molecular complexity index is 1050. The summed E-state index contributed by atoms with van der Waals surface area (Å²) in [6.45, 7) is 4.55. The summed E-state index contributed by atoms with van der Waals surface area (Å²) in [5.74, 6) is 0.700. The van der Waals surface area contributed by atoms with E-state index in [0.717, 1.165) is 23.4 Å². The average Bonchev–Trinajstić information content (AvgIpc) is 3.07. The molecular weight excluding hydrogens is 376 g/mol. The maximum absolute atomic E-state index is 12.6. The third-order valence-corrected chi connectivity index (χ3v) is 5.62. The van der Waals surface area contributed by atoms with Gasteiger partial charge in [-0.15, -0.1) is 0 Å². The number of pyridine rings is 1. The first-order valence-electron chi connectivity index (χ1n) is 9.08. The molecule has 1 aromatic carbocycles. The van der Waals surface area contributed by atoms with Crippen LogP contribution in [0, 0.1) is 6.92 Å². The molecule has 28 heavy (non-hydrogen) atoms. The van der Waals surface area contributed by atoms with E-state index in [1.807, 2.05) is 38.1 Å². The maximum Gasteiger partial charge on any atom is 0.240 e. The van der Waals surface area contributed by atoms with Crippen LogP contribution in [-0.4, -0.2) is 29.8 Å². The Hall–Kier alpha value is -2.71. The predicted molar refractivity (Wildman–Crippen MR) is 107 cm³/mol. The molecule has 8 heteroatoms. The molecule has 0 bridgehead atoms. The molecule has 1 N–H and O–H groups in total. The summed E-state index contributed by atoms with van der Waals surface area (Å²) >= 11 is 0. The Morgan fingerprint density at radius 1 is 1.18 bits per heavy atom. The number of ether oxygens (including phenoxy) is 1. The van der Waals surface area contributed by atoms with Crippen molar-refractivity contribution in [1.29, 1.82) is 0 Å². The van der Waals surface area contributed by atoms with Gasteiger partial charge in [-0.3, -0.25) is 9.67 Å². The van der Waals surface area contributed by atoms with E-state index in [1.54, 1.807) is 36.1 Å². The fourth-order valence-electron chi connectivity index (χ4n) is 2.78. The lowest BCUT2D eigenvalue weighted by Gasteiger charge is -2.11. The van der Waals surface area contributed by atoms with E-state index in [1.165, 1.54) is 0 Å². The molecule has 7 nitrogen and oxygen atoms in total. The molecule has 0 fully saturated rings. The van der Waals surface area contributed by atoms with E-state index in [4.69, 9.17) is 4.74 Å². The van der Waals surface area contributed by atoms with Gasteiger partial charge in [-0.05, 0) is 55.3 Å². The predicted octanol–water partition coefficient (Wildman–Crippen LogP) is 3.06. The number of nitrogens with one attached hydrogen (secondary N) is 1. The van der Waals surface area contributed by atoms with Crippen LogP contribution in [-0.2, 0) is 23.6 Å². The third kappa shape index (κ3) is 4.58. The van der Waals surface area contributed by atoms with Crippen molar-refractivity contribution in [3.63, 3.8) is 0 Å². The van der Waals surface area contributed by atoms with Crippen LogP contribution in [0.5, 0.6) is 5.75 Å². The highest BCUT2D eigenvalue weighted by Crippen LogP contribution is 2.22. The highest BCUT2D eigenvalue weighted by atomic mass is 32.2. The Kier molecular flexibility index (Phi) is 6.11. The van der Waals surface area contributed by atoms with Gasteiger partial charge in [0.05, 0.1) is 35.1 Å². The second-order valence-electron chi connectivity index (χ2n) is 6.46. The van der Waals surface area contributed by atoms with Crippen molar-refractivity contribution in [2.45, 2.75) is 31.7 Å². The van der Waals surface area contributed by atoms with Gasteiger partial charge in [-0.25, -0.2) is 13.1 Å². The van der Waals surface area contributed by atoms with Gasteiger partial charge in [0.15, 0.2) is 0 Å². The summed E-state index contributed by atoms with van der Waals surface area (Å²) in [7, 11) is -1.85. The fraction of sp³-hybridized carbons (Fsp3) is 0.300. The number of hydrogen-bond acceptors (Lipinski definition) is 5. The number of rotatable bonds is 8. The molecule has 0 spiro atoms. The molecule has 3 aromatic rings. The summed E-state index contributed by atoms with van der Waals surface area (Å²) in [5.41, 5.74) is 3.01. The van der Waals surface area contributed by atoms with Crippen LogP contribution in [0.2, 0.25) is 0 Å². The van der Waals surface area contributed by atoms with E-state index in [-0.39, 0.29) is 11.4 Å². The van der Waals surface area contributed by atoms with Crippen LogP contribution in [0.1, 0.15) is 24.6 Å². The molecule has 0 aliphatic heterocycles. The van der Waals surface area contributed by atoms with E-state index >= 15 is 0 Å². The zero-order valence-electron chi connectivity index (χ0n) is 16.2. The lowest BCUT2D eigenvalue weighted by Crippen LogP contribution is -2.23. The van der Waals surface area contributed by atoms with Gasteiger partial charge in [-0.1, -0.05) is 13.0 Å². The Balaban J connectivity index is 1.73. The maximum atomic E-state index is 12.6. The smallest absolute Gasteiger partial charge is 0.240 e. The molecule has 0 saturated carbocycles. The van der Waals surface area contributed by atoms with Gasteiger partial charge in [0, 0.05) is 13.2 Å². The lowest BCUT2D eigenvalue weighted by atomic mass is 10.2. The molecule has 0 aliphatic rings. The second-order valence-corrected chi connectivity index (χ2v) is 8.23. The highest BCUT2D eigenvalue weighted by Gasteiger charge is 2.17. The SMILES string of the molecule is CCCOc1ccc(S(=O)(=O)NCc2cc(-c3ccccn3)n(C)n2)cc1C. The fourth-order valence-corrected chi connectivity index (χ4v) is 3.87. The quantitative estimate of drug-likeness (QED) is 0.628. The zero-order chi connectivity index (χ0) is 20.1. The molecule has 0 radical (unpaired) electrons. The molecule has 0 atom stereocenters. The lowest BCUT2D eigenvalue weighted by molar-refractivity contribution is 0.315. The van der Waals surface area contributed by atoms with Gasteiger partial charge >= 0.3 is 0 Å². The summed E-state index contributed by atoms with van der Waals surface area (Å²) < 4.78 is 35.2. The van der Waals surface area contributed by atoms with Crippen molar-refractivity contribution in [3.05, 3.63) is 59.9 Å². The Morgan fingerprint density at radius 2 is 2.00 bits per heavy atom. The molecule has 0 aliphatic carbocycles. The number of sulfonamides is 1. The number of nitrogens with zero attached hydrogens (tertiary/aromatic N) is 3. The first-order valence-corrected chi connectivity index (χ1v) is 10.6. The van der Waals surface area contributed by atoms with Crippen LogP contribution in [0.25, 0.3) is 11.4 Å². The number of aryl methyl sites for hydroxylation is 2. The molecule has 0 unspecified atom stereocenters. The number of aromatic nitrogens is 3. The van der Waals surface area contributed by atoms with Crippen LogP contribution >= 0.6 is 0 Å². The molecule has 3 rings (SSSR count). The summed E-state index contributed by atoms with van der Waals surface area (Å²) in [6, 6.07) is 12.3. The van der Waals surface area contributed by atoms with Crippen molar-refractivity contribution >= 4 is 10.0 Å². The van der Waals surface area contributed by atoms with Crippen molar-refractivity contribution in [1.82, 2.24) is 19.5 Å². The van der Waals surface area contributed by atoms with Crippen molar-refractivity contribution in [3.8, 4) is 17.1 Å². The van der Waals surface area contributed by atoms with Crippen molar-refractivity contribution < 1.29 is 13.2 Å². The first kappa shape index (κ1) is 20.0. The van der Waals surface area contributed by atoms with E-state index < -0.39 is 10.0 Å². The van der Waals surface area contributed by atoms with Gasteiger partial charge < -0.3 is 4.74 Å². The zero-order valence-corrected chi connectivity index (χ0v) is 17.0. The monoisotopic (exact) mass is 400 g/mol. The minimum atomic E-state index is -3.66. The normalized spacial score (nSPS) is 11.5. The van der Waals surface area contributed by atoms with E-state index in [0.29, 0.717) is 18.1 Å². The standard InChI is InChI=1S/C20H24N4O3S/c1-4-11-27-20-9-8-17(12-15(20)2)28(25,26)22-14-16-13-19(24(3)23-16)18-7-5-6-10-21-18/h5-10,12-13,22H,4,11,14H2,1-3H3. The summed E-state index contributed by atoms with van der Waals surface area (Å²) in [4.78, 5) is 4.51. The first-order chi connectivity index (χ1) is 13.4. The van der Waals surface area contributed by atoms with Crippen LogP contribution in [0.4, 0.5) is 0 Å². The van der Waals surface area contributed by atoms with Crippen molar-refractivity contribution in [2.24, 2.45) is 7.05 Å². The van der Waals surface area contributed by atoms with E-state index in [9.17, 15) is 8.42 Å². The molecular formula is C20H24N4O3S. The minimum absolute atomic E-state index is 0.0934. The molecule has 2 aromatic heterocycles. The molecule has 0 amide bonds. The minimum Gasteiger partial charge on any atom is -0.493 e. The van der Waals surface area contributed by atoms with Gasteiger partial charge in [-0.2, -0.15) is 5.10 Å². The van der Waals surface area contributed by atoms with Gasteiger partial charge in [0.1, 0.15) is 5.75 Å². The second kappa shape index (κ2) is 8.53. The molecule has 0 saturated heterocycles.